The van der Waals surface area contributed by atoms with E-state index in [1.807, 2.05) is 30.3 Å². The Labute approximate surface area is 210 Å². The van der Waals surface area contributed by atoms with E-state index in [0.717, 1.165) is 17.3 Å². The Hall–Kier alpha value is -5.05. The quantitative estimate of drug-likeness (QED) is 0.276. The molecule has 0 saturated heterocycles. The average molecular weight is 498 g/mol. The molecule has 0 unspecified atom stereocenters. The highest BCUT2D eigenvalue weighted by Gasteiger charge is 2.25. The number of pyridine rings is 1. The maximum absolute atomic E-state index is 13.0. The van der Waals surface area contributed by atoms with Gasteiger partial charge in [-0.3, -0.25) is 19.2 Å². The number of amides is 1. The van der Waals surface area contributed by atoms with Gasteiger partial charge < -0.3 is 20.5 Å². The standard InChI is InChI=1S/C28H22N2O7/c31-24(13-16-6-11-22-20(12-16)26(34)21(15-29-22)28(36)37)23(14-25(32)33)30-27(35)19-9-7-18(8-10-19)17-4-2-1-3-5-17/h1-12,15,23H,13-14H2,(H,29,34)(H,30,35)(H,32,33)(H,36,37)/t23-/m0/s1. The van der Waals surface area contributed by atoms with E-state index in [0.29, 0.717) is 11.1 Å². The van der Waals surface area contributed by atoms with Crippen molar-refractivity contribution in [2.75, 3.05) is 0 Å². The Bertz CT molecular complexity index is 1560. The second kappa shape index (κ2) is 10.7. The summed E-state index contributed by atoms with van der Waals surface area (Å²) in [6, 6.07) is 19.4. The zero-order chi connectivity index (χ0) is 26.5. The number of benzene rings is 3. The number of rotatable bonds is 9. The average Bonchev–Trinajstić information content (AvgIpc) is 2.89. The molecule has 1 atom stereocenters. The Morgan fingerprint density at radius 1 is 0.865 bits per heavy atom. The molecule has 4 rings (SSSR count). The fourth-order valence-electron chi connectivity index (χ4n) is 3.97. The summed E-state index contributed by atoms with van der Waals surface area (Å²) in [7, 11) is 0. The zero-order valence-electron chi connectivity index (χ0n) is 19.4. The molecule has 1 amide bonds. The fourth-order valence-corrected chi connectivity index (χ4v) is 3.97. The highest BCUT2D eigenvalue weighted by molar-refractivity contribution is 6.00. The van der Waals surface area contributed by atoms with Crippen molar-refractivity contribution in [1.82, 2.24) is 10.3 Å². The number of hydrogen-bond donors (Lipinski definition) is 4. The molecule has 0 spiro atoms. The van der Waals surface area contributed by atoms with Gasteiger partial charge in [-0.25, -0.2) is 4.79 Å². The van der Waals surface area contributed by atoms with Crippen molar-refractivity contribution in [1.29, 1.82) is 0 Å². The van der Waals surface area contributed by atoms with Crippen LogP contribution in [0.25, 0.3) is 22.0 Å². The molecule has 9 heteroatoms. The molecule has 0 aliphatic rings. The highest BCUT2D eigenvalue weighted by Crippen LogP contribution is 2.19. The molecule has 9 nitrogen and oxygen atoms in total. The summed E-state index contributed by atoms with van der Waals surface area (Å²) in [5.41, 5.74) is 1.75. The number of carboxylic acid groups (broad SMARTS) is 2. The molecule has 1 heterocycles. The third kappa shape index (κ3) is 5.79. The van der Waals surface area contributed by atoms with Crippen LogP contribution in [0.15, 0.2) is 83.8 Å². The van der Waals surface area contributed by atoms with Crippen LogP contribution in [-0.4, -0.2) is 44.9 Å². The second-order valence-electron chi connectivity index (χ2n) is 8.43. The van der Waals surface area contributed by atoms with Crippen molar-refractivity contribution in [2.24, 2.45) is 0 Å². The molecular formula is C28H22N2O7. The normalized spacial score (nSPS) is 11.6. The first-order valence-electron chi connectivity index (χ1n) is 11.3. The molecule has 37 heavy (non-hydrogen) atoms. The van der Waals surface area contributed by atoms with Crippen molar-refractivity contribution in [2.45, 2.75) is 18.9 Å². The molecule has 0 aliphatic heterocycles. The summed E-state index contributed by atoms with van der Waals surface area (Å²) in [5, 5.41) is 21.1. The number of hydrogen-bond acceptors (Lipinski definition) is 5. The molecule has 0 aliphatic carbocycles. The van der Waals surface area contributed by atoms with Gasteiger partial charge in [-0.1, -0.05) is 48.5 Å². The van der Waals surface area contributed by atoms with Crippen molar-refractivity contribution in [3.8, 4) is 11.1 Å². The van der Waals surface area contributed by atoms with E-state index in [1.54, 1.807) is 30.3 Å². The van der Waals surface area contributed by atoms with Crippen LogP contribution in [0, 0.1) is 0 Å². The number of aromatic carboxylic acids is 1. The van der Waals surface area contributed by atoms with Crippen molar-refractivity contribution in [3.63, 3.8) is 0 Å². The number of carbonyl (C=O) groups excluding carboxylic acids is 2. The minimum absolute atomic E-state index is 0.0857. The number of fused-ring (bicyclic) bond motifs is 1. The topological polar surface area (TPSA) is 154 Å². The maximum atomic E-state index is 13.0. The monoisotopic (exact) mass is 498 g/mol. The molecule has 4 aromatic rings. The molecule has 0 fully saturated rings. The van der Waals surface area contributed by atoms with E-state index in [9.17, 15) is 34.2 Å². The first-order valence-corrected chi connectivity index (χ1v) is 11.3. The summed E-state index contributed by atoms with van der Waals surface area (Å²) < 4.78 is 0. The van der Waals surface area contributed by atoms with Crippen LogP contribution < -0.4 is 10.7 Å². The molecule has 186 valence electrons. The number of Topliss-reactive ketones (excluding diaryl/α,β-unsaturated/α-hetero) is 1. The van der Waals surface area contributed by atoms with Gasteiger partial charge in [-0.2, -0.15) is 0 Å². The number of carbonyl (C=O) groups is 4. The van der Waals surface area contributed by atoms with E-state index < -0.39 is 47.1 Å². The van der Waals surface area contributed by atoms with Crippen molar-refractivity contribution >= 4 is 34.5 Å². The van der Waals surface area contributed by atoms with Gasteiger partial charge in [0.05, 0.1) is 12.5 Å². The number of H-pyrrole nitrogens is 1. The van der Waals surface area contributed by atoms with Crippen LogP contribution in [-0.2, 0) is 16.0 Å². The lowest BCUT2D eigenvalue weighted by molar-refractivity contribution is -0.139. The number of aromatic amines is 1. The van der Waals surface area contributed by atoms with E-state index in [2.05, 4.69) is 10.3 Å². The van der Waals surface area contributed by atoms with Crippen LogP contribution in [0.4, 0.5) is 0 Å². The summed E-state index contributed by atoms with van der Waals surface area (Å²) in [6.45, 7) is 0. The van der Waals surface area contributed by atoms with Gasteiger partial charge in [0.2, 0.25) is 5.43 Å². The second-order valence-corrected chi connectivity index (χ2v) is 8.43. The summed E-state index contributed by atoms with van der Waals surface area (Å²) in [5.74, 6) is -3.81. The Morgan fingerprint density at radius 2 is 1.54 bits per heavy atom. The van der Waals surface area contributed by atoms with Gasteiger partial charge >= 0.3 is 11.9 Å². The number of aliphatic carboxylic acids is 1. The first kappa shape index (κ1) is 25.1. The number of carboxylic acids is 2. The Kier molecular flexibility index (Phi) is 7.24. The summed E-state index contributed by atoms with van der Waals surface area (Å²) in [4.78, 5) is 63.7. The minimum atomic E-state index is -1.38. The van der Waals surface area contributed by atoms with Crippen LogP contribution in [0.2, 0.25) is 0 Å². The maximum Gasteiger partial charge on any atom is 0.341 e. The Balaban J connectivity index is 1.52. The molecular weight excluding hydrogens is 476 g/mol. The number of aromatic nitrogens is 1. The van der Waals surface area contributed by atoms with E-state index in [-0.39, 0.29) is 17.4 Å². The third-order valence-electron chi connectivity index (χ3n) is 5.88. The lowest BCUT2D eigenvalue weighted by atomic mass is 9.99. The van der Waals surface area contributed by atoms with Crippen LogP contribution in [0.5, 0.6) is 0 Å². The van der Waals surface area contributed by atoms with Gasteiger partial charge in [0.15, 0.2) is 5.78 Å². The van der Waals surface area contributed by atoms with E-state index in [1.165, 1.54) is 12.1 Å². The predicted molar refractivity (Wildman–Crippen MR) is 136 cm³/mol. The molecule has 0 bridgehead atoms. The molecule has 3 aromatic carbocycles. The summed E-state index contributed by atoms with van der Waals surface area (Å²) in [6.07, 6.45) is 0.213. The molecule has 0 radical (unpaired) electrons. The highest BCUT2D eigenvalue weighted by atomic mass is 16.4. The van der Waals surface area contributed by atoms with Gasteiger partial charge in [-0.15, -0.1) is 0 Å². The van der Waals surface area contributed by atoms with E-state index >= 15 is 0 Å². The van der Waals surface area contributed by atoms with Gasteiger partial charge in [0.25, 0.3) is 5.91 Å². The Morgan fingerprint density at radius 3 is 2.19 bits per heavy atom. The SMILES string of the molecule is O=C(O)C[C@H](NC(=O)c1ccc(-c2ccccc2)cc1)C(=O)Cc1ccc2[nH]cc(C(=O)O)c(=O)c2c1. The molecule has 4 N–H and O–H groups in total. The van der Waals surface area contributed by atoms with Crippen molar-refractivity contribution < 1.29 is 29.4 Å². The third-order valence-corrected chi connectivity index (χ3v) is 5.88. The lowest BCUT2D eigenvalue weighted by Gasteiger charge is -2.16. The van der Waals surface area contributed by atoms with Crippen LogP contribution in [0.1, 0.15) is 32.7 Å². The van der Waals surface area contributed by atoms with Crippen molar-refractivity contribution in [3.05, 3.63) is 106 Å². The smallest absolute Gasteiger partial charge is 0.341 e. The first-order chi connectivity index (χ1) is 17.7. The van der Waals surface area contributed by atoms with Gasteiger partial charge in [-0.05, 0) is 41.0 Å². The predicted octanol–water partition coefficient (Wildman–Crippen LogP) is 3.28. The van der Waals surface area contributed by atoms with Gasteiger partial charge in [0.1, 0.15) is 5.56 Å². The van der Waals surface area contributed by atoms with E-state index in [4.69, 9.17) is 0 Å². The molecule has 0 saturated carbocycles. The fraction of sp³-hybridized carbons (Fsp3) is 0.107. The minimum Gasteiger partial charge on any atom is -0.481 e. The van der Waals surface area contributed by atoms with Gasteiger partial charge in [0, 0.05) is 29.1 Å². The van der Waals surface area contributed by atoms with Crippen LogP contribution >= 0.6 is 0 Å². The zero-order valence-corrected chi connectivity index (χ0v) is 19.4. The van der Waals surface area contributed by atoms with Crippen LogP contribution in [0.3, 0.4) is 0 Å². The number of ketones is 1. The lowest BCUT2D eigenvalue weighted by Crippen LogP contribution is -2.43. The molecule has 1 aromatic heterocycles. The largest absolute Gasteiger partial charge is 0.481 e. The number of nitrogens with one attached hydrogen (secondary N) is 2. The summed E-state index contributed by atoms with van der Waals surface area (Å²) >= 11 is 0.